The zero-order valence-electron chi connectivity index (χ0n) is 9.50. The van der Waals surface area contributed by atoms with E-state index < -0.39 is 17.3 Å². The Morgan fingerprint density at radius 2 is 1.94 bits per heavy atom. The lowest BCUT2D eigenvalue weighted by molar-refractivity contribution is -0.148. The lowest BCUT2D eigenvalue weighted by Crippen LogP contribution is -2.42. The van der Waals surface area contributed by atoms with Gasteiger partial charge in [0.05, 0.1) is 0 Å². The van der Waals surface area contributed by atoms with Crippen LogP contribution < -0.4 is 0 Å². The lowest BCUT2D eigenvalue weighted by atomic mass is 9.71. The zero-order chi connectivity index (χ0) is 12.7. The number of hydrogen-bond acceptors (Lipinski definition) is 2. The van der Waals surface area contributed by atoms with Gasteiger partial charge in [-0.1, -0.05) is 0 Å². The summed E-state index contributed by atoms with van der Waals surface area (Å²) in [6, 6.07) is 1.81. The van der Waals surface area contributed by atoms with Crippen LogP contribution in [-0.4, -0.2) is 17.0 Å². The summed E-state index contributed by atoms with van der Waals surface area (Å²) in [5.74, 6) is -3.68. The third kappa shape index (κ3) is 2.20. The summed E-state index contributed by atoms with van der Waals surface area (Å²) in [5, 5.41) is 11.3. The van der Waals surface area contributed by atoms with Crippen LogP contribution >= 0.6 is 11.3 Å². The number of carbonyl (C=O) groups is 1. The summed E-state index contributed by atoms with van der Waals surface area (Å²) in [6.45, 7) is 1.88. The monoisotopic (exact) mass is 260 g/mol. The first-order valence-corrected chi connectivity index (χ1v) is 6.41. The molecule has 1 saturated carbocycles. The minimum atomic E-state index is -2.70. The van der Waals surface area contributed by atoms with Crippen LogP contribution in [0.25, 0.3) is 0 Å². The maximum atomic E-state index is 13.1. The van der Waals surface area contributed by atoms with Crippen LogP contribution in [0.4, 0.5) is 8.78 Å². The summed E-state index contributed by atoms with van der Waals surface area (Å²) in [5.41, 5.74) is -0.108. The Hall–Kier alpha value is -0.970. The molecule has 1 N–H and O–H groups in total. The second-order valence-electron chi connectivity index (χ2n) is 4.73. The van der Waals surface area contributed by atoms with E-state index in [9.17, 15) is 18.7 Å². The molecule has 17 heavy (non-hydrogen) atoms. The van der Waals surface area contributed by atoms with Gasteiger partial charge >= 0.3 is 5.97 Å². The van der Waals surface area contributed by atoms with E-state index in [1.54, 1.807) is 0 Å². The predicted octanol–water partition coefficient (Wildman–Crippen LogP) is 3.59. The zero-order valence-corrected chi connectivity index (χ0v) is 10.3. The van der Waals surface area contributed by atoms with Gasteiger partial charge < -0.3 is 5.11 Å². The van der Waals surface area contributed by atoms with Crippen molar-refractivity contribution >= 4 is 17.3 Å². The Kier molecular flexibility index (Phi) is 2.97. The first-order valence-electron chi connectivity index (χ1n) is 5.53. The summed E-state index contributed by atoms with van der Waals surface area (Å²) in [7, 11) is 0. The fraction of sp³-hybridized carbons (Fsp3) is 0.583. The van der Waals surface area contributed by atoms with Crippen molar-refractivity contribution in [2.45, 2.75) is 43.9 Å². The molecule has 0 bridgehead atoms. The van der Waals surface area contributed by atoms with Crippen LogP contribution in [0.3, 0.4) is 0 Å². The highest BCUT2D eigenvalue weighted by atomic mass is 32.1. The van der Waals surface area contributed by atoms with Gasteiger partial charge in [-0.15, -0.1) is 11.3 Å². The van der Waals surface area contributed by atoms with Crippen molar-refractivity contribution in [1.29, 1.82) is 0 Å². The van der Waals surface area contributed by atoms with Crippen molar-refractivity contribution in [3.63, 3.8) is 0 Å². The van der Waals surface area contributed by atoms with Gasteiger partial charge in [-0.05, 0) is 36.8 Å². The van der Waals surface area contributed by atoms with Crippen molar-refractivity contribution in [3.8, 4) is 0 Å². The normalized spacial score (nSPS) is 22.3. The smallest absolute Gasteiger partial charge is 0.314 e. The molecule has 94 valence electrons. The van der Waals surface area contributed by atoms with Gasteiger partial charge in [-0.2, -0.15) is 0 Å². The van der Waals surface area contributed by atoms with Gasteiger partial charge in [0, 0.05) is 17.7 Å². The summed E-state index contributed by atoms with van der Waals surface area (Å²) in [4.78, 5) is 12.2. The quantitative estimate of drug-likeness (QED) is 0.882. The highest BCUT2D eigenvalue weighted by Crippen LogP contribution is 2.47. The summed E-state index contributed by atoms with van der Waals surface area (Å²) < 4.78 is 26.3. The number of thiophene rings is 1. The molecule has 0 aromatic carbocycles. The molecular weight excluding hydrogens is 246 g/mol. The number of carboxylic acids is 1. The standard InChI is InChI=1S/C12H14F2O2S/c1-8-6-9(17-7-8)11(10(15)16)2-4-12(13,14)5-3-11/h6-7H,2-5H2,1H3,(H,15,16). The van der Waals surface area contributed by atoms with Crippen molar-refractivity contribution in [2.75, 3.05) is 0 Å². The predicted molar refractivity (Wildman–Crippen MR) is 61.8 cm³/mol. The molecule has 1 aliphatic carbocycles. The first kappa shape index (κ1) is 12.5. The number of rotatable bonds is 2. The second-order valence-corrected chi connectivity index (χ2v) is 5.64. The SMILES string of the molecule is Cc1csc(C2(C(=O)O)CCC(F)(F)CC2)c1. The fourth-order valence-corrected chi connectivity index (χ4v) is 3.44. The molecule has 0 saturated heterocycles. The van der Waals surface area contributed by atoms with Crippen molar-refractivity contribution in [1.82, 2.24) is 0 Å². The number of aryl methyl sites for hydroxylation is 1. The Morgan fingerprint density at radius 1 is 1.35 bits per heavy atom. The maximum Gasteiger partial charge on any atom is 0.314 e. The Morgan fingerprint density at radius 3 is 2.35 bits per heavy atom. The molecule has 0 aliphatic heterocycles. The van der Waals surface area contributed by atoms with Gasteiger partial charge in [0.15, 0.2) is 0 Å². The van der Waals surface area contributed by atoms with E-state index in [0.29, 0.717) is 4.88 Å². The summed E-state index contributed by atoms with van der Waals surface area (Å²) >= 11 is 1.36. The Bertz CT molecular complexity index is 429. The van der Waals surface area contributed by atoms with Crippen LogP contribution in [0, 0.1) is 6.92 Å². The number of carboxylic acid groups (broad SMARTS) is 1. The molecule has 0 spiro atoms. The van der Waals surface area contributed by atoms with Crippen molar-refractivity contribution in [3.05, 3.63) is 21.9 Å². The summed E-state index contributed by atoms with van der Waals surface area (Å²) in [6.07, 6.45) is -0.628. The van der Waals surface area contributed by atoms with Gasteiger partial charge in [-0.3, -0.25) is 4.79 Å². The third-order valence-electron chi connectivity index (χ3n) is 3.45. The maximum absolute atomic E-state index is 13.1. The van der Waals surface area contributed by atoms with E-state index in [4.69, 9.17) is 0 Å². The van der Waals surface area contributed by atoms with Gasteiger partial charge in [0.25, 0.3) is 0 Å². The van der Waals surface area contributed by atoms with Gasteiger partial charge in [0.2, 0.25) is 5.92 Å². The minimum Gasteiger partial charge on any atom is -0.481 e. The molecule has 1 fully saturated rings. The molecule has 2 nitrogen and oxygen atoms in total. The van der Waals surface area contributed by atoms with E-state index in [-0.39, 0.29) is 25.7 Å². The molecule has 0 amide bonds. The molecule has 1 aromatic heterocycles. The number of aliphatic carboxylic acids is 1. The molecule has 0 atom stereocenters. The van der Waals surface area contributed by atoms with Crippen LogP contribution in [0.15, 0.2) is 11.4 Å². The largest absolute Gasteiger partial charge is 0.481 e. The lowest BCUT2D eigenvalue weighted by Gasteiger charge is -2.36. The molecular formula is C12H14F2O2S. The van der Waals surface area contributed by atoms with E-state index in [1.807, 2.05) is 18.4 Å². The minimum absolute atomic E-state index is 0.0231. The van der Waals surface area contributed by atoms with E-state index in [1.165, 1.54) is 11.3 Å². The van der Waals surface area contributed by atoms with E-state index in [0.717, 1.165) is 5.56 Å². The molecule has 5 heteroatoms. The highest BCUT2D eigenvalue weighted by Gasteiger charge is 2.49. The Balaban J connectivity index is 2.33. The number of alkyl halides is 2. The number of halogens is 2. The van der Waals surface area contributed by atoms with Gasteiger partial charge in [-0.25, -0.2) is 8.78 Å². The molecule has 0 radical (unpaired) electrons. The van der Waals surface area contributed by atoms with Crippen LogP contribution in [0.1, 0.15) is 36.1 Å². The first-order chi connectivity index (χ1) is 7.86. The molecule has 1 aliphatic rings. The van der Waals surface area contributed by atoms with Crippen LogP contribution in [0.5, 0.6) is 0 Å². The highest BCUT2D eigenvalue weighted by molar-refractivity contribution is 7.10. The topological polar surface area (TPSA) is 37.3 Å². The molecule has 2 rings (SSSR count). The van der Waals surface area contributed by atoms with Crippen molar-refractivity contribution < 1.29 is 18.7 Å². The molecule has 0 unspecified atom stereocenters. The van der Waals surface area contributed by atoms with Crippen molar-refractivity contribution in [2.24, 2.45) is 0 Å². The van der Waals surface area contributed by atoms with Gasteiger partial charge in [0.1, 0.15) is 5.41 Å². The molecule has 1 heterocycles. The average molecular weight is 260 g/mol. The fourth-order valence-electron chi connectivity index (χ4n) is 2.29. The number of hydrogen-bond donors (Lipinski definition) is 1. The van der Waals surface area contributed by atoms with E-state index in [2.05, 4.69) is 0 Å². The van der Waals surface area contributed by atoms with Crippen LogP contribution in [-0.2, 0) is 10.2 Å². The molecule has 1 aromatic rings. The van der Waals surface area contributed by atoms with E-state index >= 15 is 0 Å². The second kappa shape index (κ2) is 4.05. The Labute approximate surface area is 102 Å². The van der Waals surface area contributed by atoms with Crippen LogP contribution in [0.2, 0.25) is 0 Å². The third-order valence-corrected chi connectivity index (χ3v) is 4.70. The average Bonchev–Trinajstić information content (AvgIpc) is 2.65.